The summed E-state index contributed by atoms with van der Waals surface area (Å²) in [6, 6.07) is 7.09. The van der Waals surface area contributed by atoms with Crippen molar-refractivity contribution in [1.29, 1.82) is 0 Å². The van der Waals surface area contributed by atoms with Crippen molar-refractivity contribution in [3.63, 3.8) is 0 Å². The highest BCUT2D eigenvalue weighted by Gasteiger charge is 2.13. The van der Waals surface area contributed by atoms with E-state index in [2.05, 4.69) is 5.32 Å². The Hall–Kier alpha value is -1.10. The fourth-order valence-corrected chi connectivity index (χ4v) is 1.64. The lowest BCUT2D eigenvalue weighted by Gasteiger charge is -2.18. The van der Waals surface area contributed by atoms with Crippen molar-refractivity contribution in [2.45, 2.75) is 13.0 Å². The van der Waals surface area contributed by atoms with Gasteiger partial charge in [-0.25, -0.2) is 0 Å². The van der Waals surface area contributed by atoms with Crippen molar-refractivity contribution in [3.05, 3.63) is 34.9 Å². The van der Waals surface area contributed by atoms with Crippen LogP contribution in [0.4, 0.5) is 0 Å². The quantitative estimate of drug-likeness (QED) is 0.627. The van der Waals surface area contributed by atoms with Crippen LogP contribution in [0, 0.1) is 0 Å². The van der Waals surface area contributed by atoms with Crippen LogP contribution in [0.2, 0.25) is 5.02 Å². The molecule has 0 aliphatic heterocycles. The second-order valence-corrected chi connectivity index (χ2v) is 4.02. The van der Waals surface area contributed by atoms with Gasteiger partial charge in [0.25, 0.3) is 0 Å². The number of halogens is 1. The molecule has 0 bridgehead atoms. The van der Waals surface area contributed by atoms with Crippen LogP contribution >= 0.6 is 11.6 Å². The summed E-state index contributed by atoms with van der Waals surface area (Å²) in [5.74, 6) is -0.115. The minimum Gasteiger partial charge on any atom is -0.359 e. The zero-order valence-electron chi connectivity index (χ0n) is 9.90. The fourth-order valence-electron chi connectivity index (χ4n) is 1.44. The molecule has 1 N–H and O–H groups in total. The molecule has 4 nitrogen and oxygen atoms in total. The molecule has 94 valence electrons. The zero-order valence-corrected chi connectivity index (χ0v) is 10.7. The van der Waals surface area contributed by atoms with E-state index in [9.17, 15) is 4.79 Å². The van der Waals surface area contributed by atoms with Crippen LogP contribution in [0.5, 0.6) is 0 Å². The zero-order chi connectivity index (χ0) is 12.7. The molecule has 0 heterocycles. The normalized spacial score (nSPS) is 12.2. The second kappa shape index (κ2) is 7.27. The number of nitrogens with one attached hydrogen (secondary N) is 1. The summed E-state index contributed by atoms with van der Waals surface area (Å²) in [6.07, 6.45) is 0. The number of amides is 1. The van der Waals surface area contributed by atoms with E-state index in [0.717, 1.165) is 5.56 Å². The van der Waals surface area contributed by atoms with Crippen LogP contribution < -0.4 is 5.32 Å². The van der Waals surface area contributed by atoms with E-state index >= 15 is 0 Å². The molecular weight excluding hydrogens is 242 g/mol. The standard InChI is InChI=1S/C12H16ClNO3/c1-9(15)14-12(7-17-8-16-2)10-4-3-5-11(13)6-10/h3-6,12H,7-8H2,1-2H3,(H,14,15)/t12-/m1/s1. The van der Waals surface area contributed by atoms with Crippen LogP contribution in [0.15, 0.2) is 24.3 Å². The lowest BCUT2D eigenvalue weighted by Crippen LogP contribution is -2.29. The molecule has 1 aromatic carbocycles. The molecule has 0 aliphatic rings. The Balaban J connectivity index is 2.70. The van der Waals surface area contributed by atoms with Gasteiger partial charge in [-0.05, 0) is 17.7 Å². The number of carbonyl (C=O) groups is 1. The van der Waals surface area contributed by atoms with Crippen LogP contribution in [0.3, 0.4) is 0 Å². The molecule has 1 atom stereocenters. The Morgan fingerprint density at radius 2 is 2.29 bits per heavy atom. The van der Waals surface area contributed by atoms with Gasteiger partial charge in [0.1, 0.15) is 6.79 Å². The summed E-state index contributed by atoms with van der Waals surface area (Å²) in [4.78, 5) is 11.1. The summed E-state index contributed by atoms with van der Waals surface area (Å²) >= 11 is 5.91. The van der Waals surface area contributed by atoms with Crippen LogP contribution in [-0.2, 0) is 14.3 Å². The Bertz CT molecular complexity index is 371. The summed E-state index contributed by atoms with van der Waals surface area (Å²) in [5, 5.41) is 3.43. The van der Waals surface area contributed by atoms with E-state index < -0.39 is 0 Å². The van der Waals surface area contributed by atoms with Gasteiger partial charge in [-0.15, -0.1) is 0 Å². The first-order valence-electron chi connectivity index (χ1n) is 5.22. The number of rotatable bonds is 6. The van der Waals surface area contributed by atoms with E-state index in [0.29, 0.717) is 11.6 Å². The Labute approximate surface area is 106 Å². The van der Waals surface area contributed by atoms with Gasteiger partial charge >= 0.3 is 0 Å². The van der Waals surface area contributed by atoms with Gasteiger partial charge in [0.15, 0.2) is 0 Å². The van der Waals surface area contributed by atoms with Gasteiger partial charge in [-0.3, -0.25) is 4.79 Å². The number of carbonyl (C=O) groups excluding carboxylic acids is 1. The van der Waals surface area contributed by atoms with Crippen molar-refractivity contribution in [3.8, 4) is 0 Å². The molecule has 0 spiro atoms. The predicted molar refractivity (Wildman–Crippen MR) is 65.8 cm³/mol. The van der Waals surface area contributed by atoms with Crippen molar-refractivity contribution >= 4 is 17.5 Å². The lowest BCUT2D eigenvalue weighted by molar-refractivity contribution is -0.120. The minimum atomic E-state index is -0.221. The second-order valence-electron chi connectivity index (χ2n) is 3.59. The lowest BCUT2D eigenvalue weighted by atomic mass is 10.1. The van der Waals surface area contributed by atoms with E-state index in [1.54, 1.807) is 19.2 Å². The molecule has 0 aromatic heterocycles. The van der Waals surface area contributed by atoms with E-state index in [4.69, 9.17) is 21.1 Å². The maximum absolute atomic E-state index is 11.1. The third kappa shape index (κ3) is 5.17. The SMILES string of the molecule is COCOC[C@@H](NC(C)=O)c1cccc(Cl)c1. The van der Waals surface area contributed by atoms with E-state index in [1.165, 1.54) is 6.92 Å². The molecule has 1 amide bonds. The highest BCUT2D eigenvalue weighted by Crippen LogP contribution is 2.18. The molecule has 1 rings (SSSR count). The fraction of sp³-hybridized carbons (Fsp3) is 0.417. The number of hydrogen-bond acceptors (Lipinski definition) is 3. The summed E-state index contributed by atoms with van der Waals surface area (Å²) < 4.78 is 10.1. The first-order chi connectivity index (χ1) is 8.13. The average Bonchev–Trinajstić information content (AvgIpc) is 2.27. The molecule has 0 saturated carbocycles. The topological polar surface area (TPSA) is 47.6 Å². The first-order valence-corrected chi connectivity index (χ1v) is 5.60. The summed E-state index contributed by atoms with van der Waals surface area (Å²) in [5.41, 5.74) is 0.906. The summed E-state index contributed by atoms with van der Waals surface area (Å²) in [6.45, 7) is 2.00. The Morgan fingerprint density at radius 1 is 1.53 bits per heavy atom. The number of ether oxygens (including phenoxy) is 2. The molecule has 1 aromatic rings. The van der Waals surface area contributed by atoms with Gasteiger partial charge < -0.3 is 14.8 Å². The van der Waals surface area contributed by atoms with Crippen LogP contribution in [0.25, 0.3) is 0 Å². The number of benzene rings is 1. The van der Waals surface area contributed by atoms with Crippen molar-refractivity contribution < 1.29 is 14.3 Å². The van der Waals surface area contributed by atoms with Crippen molar-refractivity contribution in [1.82, 2.24) is 5.32 Å². The molecule has 17 heavy (non-hydrogen) atoms. The number of methoxy groups -OCH3 is 1. The molecule has 0 radical (unpaired) electrons. The average molecular weight is 258 g/mol. The first kappa shape index (κ1) is 14.0. The maximum Gasteiger partial charge on any atom is 0.217 e. The molecule has 5 heteroatoms. The monoisotopic (exact) mass is 257 g/mol. The van der Waals surface area contributed by atoms with Gasteiger partial charge in [-0.1, -0.05) is 23.7 Å². The minimum absolute atomic E-state index is 0.115. The van der Waals surface area contributed by atoms with Crippen molar-refractivity contribution in [2.75, 3.05) is 20.5 Å². The smallest absolute Gasteiger partial charge is 0.217 e. The molecule has 0 aliphatic carbocycles. The van der Waals surface area contributed by atoms with E-state index in [-0.39, 0.29) is 18.7 Å². The van der Waals surface area contributed by atoms with Gasteiger partial charge in [0, 0.05) is 19.1 Å². The Morgan fingerprint density at radius 3 is 2.88 bits per heavy atom. The van der Waals surface area contributed by atoms with Gasteiger partial charge in [0.05, 0.1) is 12.6 Å². The Kier molecular flexibility index (Phi) is 5.97. The summed E-state index contributed by atoms with van der Waals surface area (Å²) in [7, 11) is 1.55. The van der Waals surface area contributed by atoms with Gasteiger partial charge in [0.2, 0.25) is 5.91 Å². The largest absolute Gasteiger partial charge is 0.359 e. The highest BCUT2D eigenvalue weighted by molar-refractivity contribution is 6.30. The molecule has 0 fully saturated rings. The van der Waals surface area contributed by atoms with Crippen LogP contribution in [0.1, 0.15) is 18.5 Å². The molecule has 0 saturated heterocycles. The number of hydrogen-bond donors (Lipinski definition) is 1. The van der Waals surface area contributed by atoms with E-state index in [1.807, 2.05) is 12.1 Å². The van der Waals surface area contributed by atoms with Gasteiger partial charge in [-0.2, -0.15) is 0 Å². The maximum atomic E-state index is 11.1. The third-order valence-corrected chi connectivity index (χ3v) is 2.35. The van der Waals surface area contributed by atoms with Crippen LogP contribution in [-0.4, -0.2) is 26.4 Å². The molecular formula is C12H16ClNO3. The third-order valence-electron chi connectivity index (χ3n) is 2.11. The predicted octanol–water partition coefficient (Wildman–Crippen LogP) is 2.14. The molecule has 0 unspecified atom stereocenters. The highest BCUT2D eigenvalue weighted by atomic mass is 35.5. The van der Waals surface area contributed by atoms with Crippen molar-refractivity contribution in [2.24, 2.45) is 0 Å².